The zero-order valence-electron chi connectivity index (χ0n) is 15.7. The van der Waals surface area contributed by atoms with Gasteiger partial charge in [-0.2, -0.15) is 0 Å². The van der Waals surface area contributed by atoms with Crippen molar-refractivity contribution in [2.75, 3.05) is 44.2 Å². The first-order chi connectivity index (χ1) is 13.3. The lowest BCUT2D eigenvalue weighted by molar-refractivity contribution is -0.137. The van der Waals surface area contributed by atoms with Gasteiger partial charge in [0, 0.05) is 58.2 Å². The SMILES string of the molecule is O=C(C1CCCN(c2ncccn2)C1)N1CCN(Cc2ccccc2)CC1. The molecule has 4 rings (SSSR count). The summed E-state index contributed by atoms with van der Waals surface area (Å²) in [5.41, 5.74) is 1.34. The number of anilines is 1. The third-order valence-electron chi connectivity index (χ3n) is 5.54. The van der Waals surface area contributed by atoms with Crippen LogP contribution >= 0.6 is 0 Å². The first-order valence-electron chi connectivity index (χ1n) is 9.86. The summed E-state index contributed by atoms with van der Waals surface area (Å²) in [7, 11) is 0. The van der Waals surface area contributed by atoms with E-state index in [0.29, 0.717) is 5.91 Å². The fourth-order valence-electron chi connectivity index (χ4n) is 4.04. The fraction of sp³-hybridized carbons (Fsp3) is 0.476. The summed E-state index contributed by atoms with van der Waals surface area (Å²) in [6.45, 7) is 6.16. The molecule has 1 unspecified atom stereocenters. The highest BCUT2D eigenvalue weighted by molar-refractivity contribution is 5.79. The fourth-order valence-corrected chi connectivity index (χ4v) is 4.04. The summed E-state index contributed by atoms with van der Waals surface area (Å²) >= 11 is 0. The monoisotopic (exact) mass is 365 g/mol. The molecule has 6 heteroatoms. The van der Waals surface area contributed by atoms with Crippen molar-refractivity contribution in [1.82, 2.24) is 19.8 Å². The molecule has 2 aliphatic heterocycles. The number of benzene rings is 1. The van der Waals surface area contributed by atoms with Gasteiger partial charge in [-0.15, -0.1) is 0 Å². The predicted octanol–water partition coefficient (Wildman–Crippen LogP) is 2.04. The van der Waals surface area contributed by atoms with Crippen molar-refractivity contribution in [3.63, 3.8) is 0 Å². The average Bonchev–Trinajstić information content (AvgIpc) is 2.75. The maximum Gasteiger partial charge on any atom is 0.227 e. The van der Waals surface area contributed by atoms with Gasteiger partial charge in [-0.3, -0.25) is 9.69 Å². The highest BCUT2D eigenvalue weighted by atomic mass is 16.2. The molecular formula is C21H27N5O. The second-order valence-corrected chi connectivity index (χ2v) is 7.42. The van der Waals surface area contributed by atoms with E-state index < -0.39 is 0 Å². The summed E-state index contributed by atoms with van der Waals surface area (Å²) in [6.07, 6.45) is 5.51. The van der Waals surface area contributed by atoms with E-state index in [2.05, 4.69) is 48.9 Å². The number of piperidine rings is 1. The van der Waals surface area contributed by atoms with Gasteiger partial charge in [0.2, 0.25) is 11.9 Å². The van der Waals surface area contributed by atoms with Gasteiger partial charge < -0.3 is 9.80 Å². The van der Waals surface area contributed by atoms with Crippen LogP contribution in [0.5, 0.6) is 0 Å². The van der Waals surface area contributed by atoms with Crippen molar-refractivity contribution in [1.29, 1.82) is 0 Å². The maximum absolute atomic E-state index is 13.0. The second-order valence-electron chi connectivity index (χ2n) is 7.42. The third-order valence-corrected chi connectivity index (χ3v) is 5.54. The molecule has 2 fully saturated rings. The lowest BCUT2D eigenvalue weighted by Crippen LogP contribution is -2.52. The Morgan fingerprint density at radius 2 is 1.70 bits per heavy atom. The molecule has 1 aromatic heterocycles. The van der Waals surface area contributed by atoms with Crippen LogP contribution in [0.4, 0.5) is 5.95 Å². The Kier molecular flexibility index (Phi) is 5.63. The minimum atomic E-state index is 0.0585. The number of piperazine rings is 1. The van der Waals surface area contributed by atoms with E-state index >= 15 is 0 Å². The Balaban J connectivity index is 1.30. The van der Waals surface area contributed by atoms with E-state index in [0.717, 1.165) is 64.6 Å². The van der Waals surface area contributed by atoms with Gasteiger partial charge in [0.15, 0.2) is 0 Å². The van der Waals surface area contributed by atoms with Crippen LogP contribution in [0.25, 0.3) is 0 Å². The molecule has 6 nitrogen and oxygen atoms in total. The highest BCUT2D eigenvalue weighted by Gasteiger charge is 2.31. The van der Waals surface area contributed by atoms with Gasteiger partial charge in [-0.1, -0.05) is 30.3 Å². The van der Waals surface area contributed by atoms with E-state index in [1.807, 2.05) is 12.1 Å². The smallest absolute Gasteiger partial charge is 0.227 e. The summed E-state index contributed by atoms with van der Waals surface area (Å²) < 4.78 is 0. The number of hydrogen-bond acceptors (Lipinski definition) is 5. The number of carbonyl (C=O) groups excluding carboxylic acids is 1. The molecule has 1 atom stereocenters. The molecule has 0 bridgehead atoms. The molecule has 0 saturated carbocycles. The van der Waals surface area contributed by atoms with Crippen molar-refractivity contribution in [3.8, 4) is 0 Å². The normalized spacial score (nSPS) is 21.3. The zero-order chi connectivity index (χ0) is 18.5. The van der Waals surface area contributed by atoms with Crippen LogP contribution in [-0.2, 0) is 11.3 Å². The number of carbonyl (C=O) groups is 1. The molecule has 3 heterocycles. The Hall–Kier alpha value is -2.47. The highest BCUT2D eigenvalue weighted by Crippen LogP contribution is 2.22. The second kappa shape index (κ2) is 8.48. The molecule has 1 amide bonds. The van der Waals surface area contributed by atoms with Crippen LogP contribution in [0.2, 0.25) is 0 Å². The zero-order valence-corrected chi connectivity index (χ0v) is 15.7. The Labute approximate surface area is 160 Å². The number of hydrogen-bond donors (Lipinski definition) is 0. The number of aromatic nitrogens is 2. The lowest BCUT2D eigenvalue weighted by Gasteiger charge is -2.39. The molecule has 2 aliphatic rings. The van der Waals surface area contributed by atoms with E-state index in [-0.39, 0.29) is 5.92 Å². The molecular weight excluding hydrogens is 338 g/mol. The van der Waals surface area contributed by atoms with Crippen molar-refractivity contribution < 1.29 is 4.79 Å². The van der Waals surface area contributed by atoms with Crippen molar-refractivity contribution in [3.05, 3.63) is 54.4 Å². The third kappa shape index (κ3) is 4.45. The summed E-state index contributed by atoms with van der Waals surface area (Å²) in [5, 5.41) is 0. The minimum Gasteiger partial charge on any atom is -0.340 e. The molecule has 142 valence electrons. The van der Waals surface area contributed by atoms with Crippen LogP contribution in [0, 0.1) is 5.92 Å². The molecule has 0 aliphatic carbocycles. The quantitative estimate of drug-likeness (QED) is 0.830. The summed E-state index contributed by atoms with van der Waals surface area (Å²) in [5.74, 6) is 1.10. The van der Waals surface area contributed by atoms with Crippen molar-refractivity contribution >= 4 is 11.9 Å². The molecule has 0 spiro atoms. The first kappa shape index (κ1) is 17.9. The van der Waals surface area contributed by atoms with Crippen LogP contribution in [0.3, 0.4) is 0 Å². The molecule has 1 aromatic carbocycles. The number of amides is 1. The van der Waals surface area contributed by atoms with E-state index in [4.69, 9.17) is 0 Å². The first-order valence-corrected chi connectivity index (χ1v) is 9.86. The van der Waals surface area contributed by atoms with Crippen molar-refractivity contribution in [2.45, 2.75) is 19.4 Å². The maximum atomic E-state index is 13.0. The van der Waals surface area contributed by atoms with Gasteiger partial charge in [-0.25, -0.2) is 9.97 Å². The largest absolute Gasteiger partial charge is 0.340 e. The molecule has 0 N–H and O–H groups in total. The topological polar surface area (TPSA) is 52.6 Å². The lowest BCUT2D eigenvalue weighted by atomic mass is 9.96. The van der Waals surface area contributed by atoms with Gasteiger partial charge in [-0.05, 0) is 24.5 Å². The van der Waals surface area contributed by atoms with Gasteiger partial charge in [0.1, 0.15) is 0 Å². The molecule has 2 saturated heterocycles. The number of rotatable bonds is 4. The van der Waals surface area contributed by atoms with Crippen LogP contribution in [-0.4, -0.2) is 64.9 Å². The van der Waals surface area contributed by atoms with E-state index in [1.54, 1.807) is 12.4 Å². The van der Waals surface area contributed by atoms with E-state index in [1.165, 1.54) is 5.56 Å². The Morgan fingerprint density at radius 3 is 2.44 bits per heavy atom. The average molecular weight is 365 g/mol. The van der Waals surface area contributed by atoms with Crippen molar-refractivity contribution in [2.24, 2.45) is 5.92 Å². The summed E-state index contributed by atoms with van der Waals surface area (Å²) in [6, 6.07) is 12.4. The van der Waals surface area contributed by atoms with Gasteiger partial charge >= 0.3 is 0 Å². The Morgan fingerprint density at radius 1 is 0.963 bits per heavy atom. The standard InChI is InChI=1S/C21H27N5O/c27-20(19-8-4-11-26(17-19)21-22-9-5-10-23-21)25-14-12-24(13-15-25)16-18-6-2-1-3-7-18/h1-3,5-7,9-10,19H,4,8,11-17H2. The van der Waals surface area contributed by atoms with Crippen LogP contribution in [0.1, 0.15) is 18.4 Å². The number of nitrogens with zero attached hydrogens (tertiary/aromatic N) is 5. The Bertz CT molecular complexity index is 731. The molecule has 0 radical (unpaired) electrons. The molecule has 27 heavy (non-hydrogen) atoms. The van der Waals surface area contributed by atoms with Crippen LogP contribution in [0.15, 0.2) is 48.8 Å². The van der Waals surface area contributed by atoms with E-state index in [9.17, 15) is 4.79 Å². The predicted molar refractivity (Wildman–Crippen MR) is 105 cm³/mol. The summed E-state index contributed by atoms with van der Waals surface area (Å²) in [4.78, 5) is 28.4. The minimum absolute atomic E-state index is 0.0585. The van der Waals surface area contributed by atoms with Crippen LogP contribution < -0.4 is 4.90 Å². The van der Waals surface area contributed by atoms with Gasteiger partial charge in [0.05, 0.1) is 5.92 Å². The van der Waals surface area contributed by atoms with Gasteiger partial charge in [0.25, 0.3) is 0 Å². The molecule has 2 aromatic rings.